The molecular weight excluding hydrogens is 382 g/mol. The number of benzene rings is 1. The van der Waals surface area contributed by atoms with E-state index in [1.165, 1.54) is 18.4 Å². The van der Waals surface area contributed by atoms with Crippen molar-refractivity contribution in [1.82, 2.24) is 20.9 Å². The van der Waals surface area contributed by atoms with Gasteiger partial charge in [0.15, 0.2) is 5.96 Å². The maximum Gasteiger partial charge on any atom is 0.407 e. The molecule has 1 aromatic rings. The highest BCUT2D eigenvalue weighted by atomic mass is 16.6. The average molecular weight is 420 g/mol. The Balaban J connectivity index is 1.86. The molecule has 2 rings (SSSR count). The van der Waals surface area contributed by atoms with Crippen molar-refractivity contribution in [2.45, 2.75) is 45.3 Å². The molecule has 0 aliphatic carbocycles. The fourth-order valence-corrected chi connectivity index (χ4v) is 3.43. The van der Waals surface area contributed by atoms with Gasteiger partial charge in [-0.2, -0.15) is 0 Å². The SMILES string of the molecule is CN=C(NCCNC(=O)OC(C)(C)C)NCC(c1cccc(OC)c1)N1CCCC1. The molecule has 3 N–H and O–H groups in total. The lowest BCUT2D eigenvalue weighted by Crippen LogP contribution is -2.45. The number of hydrogen-bond acceptors (Lipinski definition) is 5. The van der Waals surface area contributed by atoms with Crippen LogP contribution in [-0.4, -0.2) is 69.4 Å². The van der Waals surface area contributed by atoms with Gasteiger partial charge in [0.2, 0.25) is 0 Å². The third kappa shape index (κ3) is 8.10. The summed E-state index contributed by atoms with van der Waals surface area (Å²) in [4.78, 5) is 18.5. The van der Waals surface area contributed by atoms with Crippen LogP contribution >= 0.6 is 0 Å². The zero-order valence-corrected chi connectivity index (χ0v) is 19.0. The second-order valence-corrected chi connectivity index (χ2v) is 8.34. The molecule has 0 aromatic heterocycles. The molecule has 1 aliphatic heterocycles. The molecule has 8 heteroatoms. The number of ether oxygens (including phenoxy) is 2. The van der Waals surface area contributed by atoms with Crippen LogP contribution in [0.2, 0.25) is 0 Å². The van der Waals surface area contributed by atoms with Crippen molar-refractivity contribution in [1.29, 1.82) is 0 Å². The first-order valence-electron chi connectivity index (χ1n) is 10.6. The topological polar surface area (TPSA) is 87.2 Å². The quantitative estimate of drug-likeness (QED) is 0.341. The third-order valence-electron chi connectivity index (χ3n) is 4.83. The molecule has 1 saturated heterocycles. The minimum Gasteiger partial charge on any atom is -0.497 e. The number of nitrogens with zero attached hydrogens (tertiary/aromatic N) is 2. The summed E-state index contributed by atoms with van der Waals surface area (Å²) in [5, 5.41) is 9.39. The lowest BCUT2D eigenvalue weighted by atomic mass is 10.1. The molecule has 0 bridgehead atoms. The Morgan fingerprint density at radius 2 is 1.87 bits per heavy atom. The van der Waals surface area contributed by atoms with Gasteiger partial charge < -0.3 is 25.4 Å². The molecule has 168 valence electrons. The van der Waals surface area contributed by atoms with E-state index in [1.54, 1.807) is 14.2 Å². The van der Waals surface area contributed by atoms with Gasteiger partial charge >= 0.3 is 6.09 Å². The number of carbonyl (C=O) groups is 1. The lowest BCUT2D eigenvalue weighted by molar-refractivity contribution is 0.0529. The minimum atomic E-state index is -0.500. The van der Waals surface area contributed by atoms with E-state index in [4.69, 9.17) is 9.47 Å². The Morgan fingerprint density at radius 3 is 2.50 bits per heavy atom. The summed E-state index contributed by atoms with van der Waals surface area (Å²) in [6, 6.07) is 8.49. The van der Waals surface area contributed by atoms with Crippen LogP contribution in [0.4, 0.5) is 4.79 Å². The molecule has 1 atom stereocenters. The maximum atomic E-state index is 11.7. The van der Waals surface area contributed by atoms with Gasteiger partial charge in [0, 0.05) is 26.7 Å². The molecule has 1 aromatic carbocycles. The fraction of sp³-hybridized carbons (Fsp3) is 0.636. The number of carbonyl (C=O) groups excluding carboxylic acids is 1. The molecule has 1 aliphatic rings. The van der Waals surface area contributed by atoms with Gasteiger partial charge in [-0.05, 0) is 64.4 Å². The molecular formula is C22H37N5O3. The molecule has 8 nitrogen and oxygen atoms in total. The summed E-state index contributed by atoms with van der Waals surface area (Å²) < 4.78 is 10.6. The van der Waals surface area contributed by atoms with Crippen LogP contribution in [0.3, 0.4) is 0 Å². The highest BCUT2D eigenvalue weighted by Gasteiger charge is 2.24. The van der Waals surface area contributed by atoms with Crippen molar-refractivity contribution in [3.8, 4) is 5.75 Å². The van der Waals surface area contributed by atoms with Gasteiger partial charge in [-0.3, -0.25) is 9.89 Å². The Labute approximate surface area is 180 Å². The van der Waals surface area contributed by atoms with Crippen molar-refractivity contribution in [3.63, 3.8) is 0 Å². The molecule has 0 spiro atoms. The normalized spacial score (nSPS) is 16.1. The largest absolute Gasteiger partial charge is 0.497 e. The highest BCUT2D eigenvalue weighted by Crippen LogP contribution is 2.27. The van der Waals surface area contributed by atoms with E-state index in [-0.39, 0.29) is 6.04 Å². The van der Waals surface area contributed by atoms with Gasteiger partial charge in [0.1, 0.15) is 11.4 Å². The first-order chi connectivity index (χ1) is 14.3. The first kappa shape index (κ1) is 23.8. The number of alkyl carbamates (subject to hydrolysis) is 1. The second kappa shape index (κ2) is 11.6. The summed E-state index contributed by atoms with van der Waals surface area (Å²) in [6.45, 7) is 9.44. The van der Waals surface area contributed by atoms with E-state index in [1.807, 2.05) is 32.9 Å². The van der Waals surface area contributed by atoms with Crippen LogP contribution in [0.25, 0.3) is 0 Å². The van der Waals surface area contributed by atoms with Crippen molar-refractivity contribution in [2.24, 2.45) is 4.99 Å². The number of hydrogen-bond donors (Lipinski definition) is 3. The van der Waals surface area contributed by atoms with Crippen molar-refractivity contribution < 1.29 is 14.3 Å². The zero-order valence-electron chi connectivity index (χ0n) is 19.0. The molecule has 1 heterocycles. The smallest absolute Gasteiger partial charge is 0.407 e. The van der Waals surface area contributed by atoms with Crippen LogP contribution in [0, 0.1) is 0 Å². The number of likely N-dealkylation sites (tertiary alicyclic amines) is 1. The van der Waals surface area contributed by atoms with Gasteiger partial charge in [0.05, 0.1) is 13.2 Å². The molecule has 0 saturated carbocycles. The second-order valence-electron chi connectivity index (χ2n) is 8.34. The summed E-state index contributed by atoms with van der Waals surface area (Å²) >= 11 is 0. The monoisotopic (exact) mass is 419 g/mol. The van der Waals surface area contributed by atoms with Gasteiger partial charge in [-0.1, -0.05) is 12.1 Å². The van der Waals surface area contributed by atoms with E-state index in [0.717, 1.165) is 25.4 Å². The van der Waals surface area contributed by atoms with Crippen LogP contribution < -0.4 is 20.7 Å². The van der Waals surface area contributed by atoms with E-state index in [0.29, 0.717) is 19.0 Å². The number of nitrogens with one attached hydrogen (secondary N) is 3. The molecule has 0 radical (unpaired) electrons. The predicted octanol–water partition coefficient (Wildman–Crippen LogP) is 2.52. The number of aliphatic imine (C=N–C) groups is 1. The van der Waals surface area contributed by atoms with Crippen molar-refractivity contribution in [3.05, 3.63) is 29.8 Å². The van der Waals surface area contributed by atoms with Gasteiger partial charge in [0.25, 0.3) is 0 Å². The third-order valence-corrected chi connectivity index (χ3v) is 4.83. The Bertz CT molecular complexity index is 696. The zero-order chi connectivity index (χ0) is 22.0. The summed E-state index contributed by atoms with van der Waals surface area (Å²) in [5.74, 6) is 1.57. The molecule has 1 fully saturated rings. The van der Waals surface area contributed by atoms with Crippen LogP contribution in [-0.2, 0) is 4.74 Å². The summed E-state index contributed by atoms with van der Waals surface area (Å²) in [7, 11) is 3.44. The Hall–Kier alpha value is -2.48. The standard InChI is InChI=1S/C22H37N5O3/c1-22(2,3)30-21(28)25-12-11-24-20(23-4)26-16-19(27-13-6-7-14-27)17-9-8-10-18(15-17)29-5/h8-10,15,19H,6-7,11-14,16H2,1-5H3,(H,25,28)(H2,23,24,26). The van der Waals surface area contributed by atoms with Crippen LogP contribution in [0.15, 0.2) is 29.3 Å². The minimum absolute atomic E-state index is 0.237. The van der Waals surface area contributed by atoms with E-state index < -0.39 is 11.7 Å². The van der Waals surface area contributed by atoms with E-state index in [9.17, 15) is 4.79 Å². The molecule has 1 unspecified atom stereocenters. The predicted molar refractivity (Wildman–Crippen MR) is 120 cm³/mol. The number of rotatable bonds is 8. The van der Waals surface area contributed by atoms with Crippen LogP contribution in [0.5, 0.6) is 5.75 Å². The van der Waals surface area contributed by atoms with Gasteiger partial charge in [-0.15, -0.1) is 0 Å². The summed E-state index contributed by atoms with van der Waals surface area (Å²) in [5.41, 5.74) is 0.727. The van der Waals surface area contributed by atoms with Crippen molar-refractivity contribution >= 4 is 12.1 Å². The number of guanidine groups is 1. The van der Waals surface area contributed by atoms with Crippen LogP contribution in [0.1, 0.15) is 45.2 Å². The molecule has 1 amide bonds. The Morgan fingerprint density at radius 1 is 1.17 bits per heavy atom. The maximum absolute atomic E-state index is 11.7. The van der Waals surface area contributed by atoms with E-state index >= 15 is 0 Å². The number of amides is 1. The lowest BCUT2D eigenvalue weighted by Gasteiger charge is -2.29. The Kier molecular flexibility index (Phi) is 9.23. The summed E-state index contributed by atoms with van der Waals surface area (Å²) in [6.07, 6.45) is 2.03. The van der Waals surface area contributed by atoms with Crippen molar-refractivity contribution in [2.75, 3.05) is 46.9 Å². The van der Waals surface area contributed by atoms with E-state index in [2.05, 4.69) is 38.0 Å². The average Bonchev–Trinajstić information content (AvgIpc) is 3.23. The fourth-order valence-electron chi connectivity index (χ4n) is 3.43. The highest BCUT2D eigenvalue weighted by molar-refractivity contribution is 5.79. The first-order valence-corrected chi connectivity index (χ1v) is 10.6. The van der Waals surface area contributed by atoms with Gasteiger partial charge in [-0.25, -0.2) is 4.79 Å². The molecule has 30 heavy (non-hydrogen) atoms. The number of methoxy groups -OCH3 is 1.